The molecule has 0 aromatic heterocycles. The highest BCUT2D eigenvalue weighted by molar-refractivity contribution is 8.77. The summed E-state index contributed by atoms with van der Waals surface area (Å²) >= 11 is 0. The molecule has 23 nitrogen and oxygen atoms in total. The van der Waals surface area contributed by atoms with E-state index < -0.39 is 119 Å². The molecule has 0 bridgehead atoms. The molecule has 8 atom stereocenters. The van der Waals surface area contributed by atoms with Crippen molar-refractivity contribution < 1.29 is 53.1 Å². The molecule has 2 saturated heterocycles. The molecule has 9 amide bonds. The van der Waals surface area contributed by atoms with Crippen LogP contribution in [0.3, 0.4) is 0 Å². The topological polar surface area (TPSA) is 369 Å². The maximum Gasteiger partial charge on any atom is 0.322 e. The van der Waals surface area contributed by atoms with Crippen LogP contribution in [0.5, 0.6) is 0 Å². The van der Waals surface area contributed by atoms with Crippen molar-refractivity contribution in [3.8, 4) is 0 Å². The lowest BCUT2D eigenvalue weighted by Crippen LogP contribution is -2.62. The van der Waals surface area contributed by atoms with Crippen LogP contribution < -0.4 is 54.4 Å². The number of aliphatic carboxylic acids is 1. The molecule has 0 spiro atoms. The number of nitrogens with zero attached hydrogens (tertiary/aromatic N) is 2. The summed E-state index contributed by atoms with van der Waals surface area (Å²) in [5, 5.41) is 28.6. The number of rotatable bonds is 20. The number of carboxylic acid groups (broad SMARTS) is 1. The Balaban J connectivity index is 1.41. The zero-order valence-corrected chi connectivity index (χ0v) is 48.5. The summed E-state index contributed by atoms with van der Waals surface area (Å²) in [5.41, 5.74) is 18.2. The normalized spacial score (nSPS) is 24.3. The number of benzene rings is 2. The molecule has 0 radical (unpaired) electrons. The van der Waals surface area contributed by atoms with Crippen molar-refractivity contribution in [1.29, 1.82) is 0 Å². The summed E-state index contributed by atoms with van der Waals surface area (Å²) in [6.45, 7) is 2.96. The number of aliphatic imine (C=N–C) groups is 1. The fourth-order valence-corrected chi connectivity index (χ4v) is 15.5. The van der Waals surface area contributed by atoms with Crippen molar-refractivity contribution in [1.82, 2.24) is 42.1 Å². The van der Waals surface area contributed by atoms with Crippen molar-refractivity contribution in [3.63, 3.8) is 0 Å². The van der Waals surface area contributed by atoms with Crippen molar-refractivity contribution in [2.45, 2.75) is 170 Å². The summed E-state index contributed by atoms with van der Waals surface area (Å²) in [4.78, 5) is 146. The van der Waals surface area contributed by atoms with Crippen molar-refractivity contribution in [3.05, 3.63) is 71.8 Å². The first-order valence-corrected chi connectivity index (χ1v) is 30.9. The predicted molar refractivity (Wildman–Crippen MR) is 312 cm³/mol. The molecule has 2 saturated carbocycles. The fraction of sp³-hybridized carbons (Fsp3) is 0.596. The first-order chi connectivity index (χ1) is 39.3. The number of amides is 9. The standard InChI is InChI=1S/C57H82N12O11S2/c1-3-34(2)48-54(79)66-42(30-45(58)70)51(76)67-43(55(80)69-27-15-25-44(69)53(78)64-39(24-14-26-61-56(59)60)49(74)62-32-47(72)73)33-81-82-57(37-20-10-11-21-37,38-22-12-13-23-38)31-46(71)63-40(28-35-16-6-4-7-17-35)50(75)65-41(52(77)68-48)29-36-18-8-5-9-19-36/h4-9,16-19,34,37-44,48H,3,10-15,20-33H2,1-2H3,(H2,58,70)(H,62,74)(H,63,71)(H,64,78)(H,65,75)(H,66,79)(H,67,76)(H,68,77)(H,72,73)(H4,59,60,61)/t34-,39-,40+,41-,42-,43-,44+,48-/m0/s1. The highest BCUT2D eigenvalue weighted by Gasteiger charge is 2.50. The SMILES string of the molecule is CC[C@H](C)[C@@H]1NC(=O)[C@H](Cc2ccccc2)NC(=O)[C@@H](Cc2ccccc2)NC(=O)CC(C2CCCC2)(C2CCCC2)SSC[C@@H](C(=O)N2CCC[C@@H]2C(=O)N[C@@H](CCCN=C(N)N)C(=O)NCC(=O)O)NC(=O)[C@H](CC(N)=O)NC1=O. The maximum absolute atomic E-state index is 15.2. The van der Waals surface area contributed by atoms with Crippen LogP contribution >= 0.6 is 21.6 Å². The molecule has 14 N–H and O–H groups in total. The van der Waals surface area contributed by atoms with E-state index in [-0.39, 0.29) is 81.1 Å². The van der Waals surface area contributed by atoms with E-state index >= 15 is 9.59 Å². The van der Waals surface area contributed by atoms with Gasteiger partial charge in [-0.1, -0.05) is 128 Å². The third-order valence-corrected chi connectivity index (χ3v) is 19.5. The average Bonchev–Trinajstić information content (AvgIpc) is 4.27. The van der Waals surface area contributed by atoms with Gasteiger partial charge in [-0.3, -0.25) is 52.9 Å². The molecule has 6 rings (SSSR count). The van der Waals surface area contributed by atoms with Gasteiger partial charge in [-0.2, -0.15) is 0 Å². The Kier molecular flexibility index (Phi) is 24.7. The molecular formula is C57H82N12O11S2. The maximum atomic E-state index is 15.2. The van der Waals surface area contributed by atoms with Crippen LogP contribution in [0, 0.1) is 17.8 Å². The Morgan fingerprint density at radius 2 is 1.30 bits per heavy atom. The Labute approximate surface area is 486 Å². The molecule has 448 valence electrons. The van der Waals surface area contributed by atoms with Gasteiger partial charge < -0.3 is 64.4 Å². The van der Waals surface area contributed by atoms with E-state index in [1.807, 2.05) is 36.4 Å². The van der Waals surface area contributed by atoms with Crippen LogP contribution in [0.25, 0.3) is 0 Å². The number of nitrogens with two attached hydrogens (primary N) is 3. The Morgan fingerprint density at radius 1 is 0.744 bits per heavy atom. The molecule has 2 aliphatic carbocycles. The summed E-state index contributed by atoms with van der Waals surface area (Å²) in [6.07, 6.45) is 7.60. The molecule has 2 aromatic carbocycles. The van der Waals surface area contributed by atoms with Crippen molar-refractivity contribution in [2.75, 3.05) is 25.4 Å². The summed E-state index contributed by atoms with van der Waals surface area (Å²) in [7, 11) is 2.78. The summed E-state index contributed by atoms with van der Waals surface area (Å²) in [6, 6.07) is 9.03. The number of nitrogens with one attached hydrogen (secondary N) is 7. The number of carbonyl (C=O) groups excluding carboxylic acids is 9. The molecule has 82 heavy (non-hydrogen) atoms. The quantitative estimate of drug-likeness (QED) is 0.0387. The zero-order valence-electron chi connectivity index (χ0n) is 46.9. The van der Waals surface area contributed by atoms with Crippen LogP contribution in [0.4, 0.5) is 0 Å². The average molecular weight is 1180 g/mol. The highest BCUT2D eigenvalue weighted by atomic mass is 33.1. The molecule has 2 aromatic rings. The van der Waals surface area contributed by atoms with Gasteiger partial charge in [0.05, 0.1) is 6.42 Å². The van der Waals surface area contributed by atoms with E-state index in [0.29, 0.717) is 18.4 Å². The third kappa shape index (κ3) is 18.6. The van der Waals surface area contributed by atoms with Gasteiger partial charge in [-0.05, 0) is 80.2 Å². The lowest BCUT2D eigenvalue weighted by molar-refractivity contribution is -0.142. The van der Waals surface area contributed by atoms with E-state index in [1.54, 1.807) is 38.1 Å². The zero-order chi connectivity index (χ0) is 59.3. The Hall–Kier alpha value is -6.89. The minimum absolute atomic E-state index is 0.00462. The lowest BCUT2D eigenvalue weighted by Gasteiger charge is -2.43. The van der Waals surface area contributed by atoms with E-state index in [4.69, 9.17) is 17.2 Å². The number of carbonyl (C=O) groups is 10. The Morgan fingerprint density at radius 3 is 1.87 bits per heavy atom. The molecule has 4 aliphatic rings. The number of guanidine groups is 1. The second kappa shape index (κ2) is 31.5. The number of hydrogen-bond acceptors (Lipinski definition) is 13. The lowest BCUT2D eigenvalue weighted by atomic mass is 9.76. The van der Waals surface area contributed by atoms with Gasteiger partial charge in [0.2, 0.25) is 53.2 Å². The largest absolute Gasteiger partial charge is 0.480 e. The second-order valence-electron chi connectivity index (χ2n) is 22.0. The van der Waals surface area contributed by atoms with Gasteiger partial charge in [0, 0.05) is 42.9 Å². The van der Waals surface area contributed by atoms with Gasteiger partial charge in [0.15, 0.2) is 5.96 Å². The molecule has 2 heterocycles. The van der Waals surface area contributed by atoms with Gasteiger partial charge in [-0.15, -0.1) is 0 Å². The minimum atomic E-state index is -1.66. The molecular weight excluding hydrogens is 1090 g/mol. The first-order valence-electron chi connectivity index (χ1n) is 28.6. The van der Waals surface area contributed by atoms with Crippen molar-refractivity contribution in [2.24, 2.45) is 39.9 Å². The number of primary amides is 1. The highest BCUT2D eigenvalue weighted by Crippen LogP contribution is 2.57. The summed E-state index contributed by atoms with van der Waals surface area (Å²) < 4.78 is -0.718. The smallest absolute Gasteiger partial charge is 0.322 e. The predicted octanol–water partition coefficient (Wildman–Crippen LogP) is 1.45. The molecule has 2 aliphatic heterocycles. The monoisotopic (exact) mass is 1170 g/mol. The van der Waals surface area contributed by atoms with Crippen LogP contribution in [-0.4, -0.2) is 148 Å². The van der Waals surface area contributed by atoms with Gasteiger partial charge in [0.25, 0.3) is 0 Å². The number of hydrogen-bond donors (Lipinski definition) is 11. The van der Waals surface area contributed by atoms with E-state index in [2.05, 4.69) is 42.2 Å². The van der Waals surface area contributed by atoms with Gasteiger partial charge in [-0.25, -0.2) is 0 Å². The van der Waals surface area contributed by atoms with E-state index in [0.717, 1.165) is 56.9 Å². The molecule has 25 heteroatoms. The van der Waals surface area contributed by atoms with Crippen LogP contribution in [0.1, 0.15) is 121 Å². The van der Waals surface area contributed by atoms with Crippen molar-refractivity contribution >= 4 is 86.7 Å². The fourth-order valence-electron chi connectivity index (χ4n) is 11.6. The summed E-state index contributed by atoms with van der Waals surface area (Å²) in [5.74, 6) is -8.71. The Bertz CT molecular complexity index is 2570. The van der Waals surface area contributed by atoms with E-state index in [1.165, 1.54) is 26.5 Å². The van der Waals surface area contributed by atoms with Crippen LogP contribution in [0.15, 0.2) is 65.7 Å². The van der Waals surface area contributed by atoms with Crippen LogP contribution in [-0.2, 0) is 60.8 Å². The molecule has 4 fully saturated rings. The third-order valence-electron chi connectivity index (χ3n) is 16.1. The van der Waals surface area contributed by atoms with E-state index in [9.17, 15) is 43.5 Å². The van der Waals surface area contributed by atoms with Gasteiger partial charge >= 0.3 is 5.97 Å². The van der Waals surface area contributed by atoms with Crippen LogP contribution in [0.2, 0.25) is 0 Å². The number of likely N-dealkylation sites (tertiary alicyclic amines) is 1. The first kappa shape index (κ1) is 64.3. The number of carboxylic acids is 1. The van der Waals surface area contributed by atoms with Gasteiger partial charge in [0.1, 0.15) is 48.8 Å². The minimum Gasteiger partial charge on any atom is -0.480 e. The molecule has 0 unspecified atom stereocenters. The second-order valence-corrected chi connectivity index (χ2v) is 24.7.